The summed E-state index contributed by atoms with van der Waals surface area (Å²) in [5.41, 5.74) is -0.512. The summed E-state index contributed by atoms with van der Waals surface area (Å²) in [6, 6.07) is 8.30. The monoisotopic (exact) mass is 333 g/mol. The Balaban J connectivity index is 2.32. The van der Waals surface area contributed by atoms with Gasteiger partial charge in [-0.25, -0.2) is 4.79 Å². The molecular weight excluding hydrogens is 314 g/mol. The molecule has 128 valence electrons. The first kappa shape index (κ1) is 17.7. The normalized spacial score (nSPS) is 12.0. The van der Waals surface area contributed by atoms with E-state index in [-0.39, 0.29) is 25.1 Å². The molecule has 7 heteroatoms. The van der Waals surface area contributed by atoms with Crippen molar-refractivity contribution in [2.24, 2.45) is 0 Å². The van der Waals surface area contributed by atoms with Gasteiger partial charge in [0.1, 0.15) is 11.1 Å². The van der Waals surface area contributed by atoms with Gasteiger partial charge in [0, 0.05) is 18.5 Å². The van der Waals surface area contributed by atoms with Gasteiger partial charge in [0.25, 0.3) is 5.91 Å². The fourth-order valence-corrected chi connectivity index (χ4v) is 2.30. The van der Waals surface area contributed by atoms with Crippen LogP contribution in [0.3, 0.4) is 0 Å². The van der Waals surface area contributed by atoms with E-state index in [2.05, 4.69) is 4.74 Å². The van der Waals surface area contributed by atoms with Crippen molar-refractivity contribution < 1.29 is 23.8 Å². The third-order valence-electron chi connectivity index (χ3n) is 3.46. The second-order valence-electron chi connectivity index (χ2n) is 5.41. The molecule has 1 aromatic carbocycles. The molecule has 1 unspecified atom stereocenters. The number of para-hydroxylation sites is 1. The molecule has 0 saturated heterocycles. The van der Waals surface area contributed by atoms with E-state index < -0.39 is 23.6 Å². The molecule has 24 heavy (non-hydrogen) atoms. The number of aliphatic hydroxyl groups excluding tert-OH is 1. The SMILES string of the molecule is COC(=O)CCN(CC(C)O)C(=O)c1cc2ccccc2oc1=O. The maximum atomic E-state index is 12.6. The summed E-state index contributed by atoms with van der Waals surface area (Å²) in [6.45, 7) is 1.53. The Morgan fingerprint density at radius 2 is 2.04 bits per heavy atom. The Labute approximate surface area is 138 Å². The van der Waals surface area contributed by atoms with Gasteiger partial charge >= 0.3 is 11.6 Å². The quantitative estimate of drug-likeness (QED) is 0.630. The number of rotatable bonds is 6. The van der Waals surface area contributed by atoms with Crippen LogP contribution in [0, 0.1) is 0 Å². The van der Waals surface area contributed by atoms with Crippen LogP contribution in [0.1, 0.15) is 23.7 Å². The van der Waals surface area contributed by atoms with E-state index >= 15 is 0 Å². The van der Waals surface area contributed by atoms with Crippen molar-refractivity contribution in [1.82, 2.24) is 4.90 Å². The zero-order valence-corrected chi connectivity index (χ0v) is 13.5. The lowest BCUT2D eigenvalue weighted by molar-refractivity contribution is -0.140. The van der Waals surface area contributed by atoms with Crippen LogP contribution in [0.2, 0.25) is 0 Å². The Kier molecular flexibility index (Phi) is 5.70. The molecule has 0 radical (unpaired) electrons. The Morgan fingerprint density at radius 3 is 2.71 bits per heavy atom. The Hall–Kier alpha value is -2.67. The lowest BCUT2D eigenvalue weighted by Gasteiger charge is -2.23. The predicted molar refractivity (Wildman–Crippen MR) is 86.7 cm³/mol. The van der Waals surface area contributed by atoms with Gasteiger partial charge in [-0.05, 0) is 19.1 Å². The van der Waals surface area contributed by atoms with Crippen LogP contribution in [0.5, 0.6) is 0 Å². The number of carbonyl (C=O) groups is 2. The zero-order chi connectivity index (χ0) is 17.7. The van der Waals surface area contributed by atoms with Gasteiger partial charge in [-0.2, -0.15) is 0 Å². The van der Waals surface area contributed by atoms with E-state index in [1.165, 1.54) is 25.0 Å². The second-order valence-corrected chi connectivity index (χ2v) is 5.41. The molecule has 0 fully saturated rings. The first-order valence-corrected chi connectivity index (χ1v) is 7.49. The van der Waals surface area contributed by atoms with E-state index in [1.807, 2.05) is 0 Å². The molecule has 1 N–H and O–H groups in total. The number of esters is 1. The number of ether oxygens (including phenoxy) is 1. The van der Waals surface area contributed by atoms with Crippen molar-refractivity contribution >= 4 is 22.8 Å². The van der Waals surface area contributed by atoms with Gasteiger partial charge < -0.3 is 19.2 Å². The van der Waals surface area contributed by atoms with Crippen molar-refractivity contribution in [1.29, 1.82) is 0 Å². The molecule has 1 atom stereocenters. The first-order chi connectivity index (χ1) is 11.4. The molecule has 2 aromatic rings. The maximum absolute atomic E-state index is 12.6. The Bertz CT molecular complexity index is 795. The molecule has 0 aliphatic rings. The number of hydrogen-bond donors (Lipinski definition) is 1. The molecule has 0 aliphatic carbocycles. The van der Waals surface area contributed by atoms with Gasteiger partial charge in [0.05, 0.1) is 19.6 Å². The van der Waals surface area contributed by atoms with E-state index in [4.69, 9.17) is 4.42 Å². The van der Waals surface area contributed by atoms with Crippen molar-refractivity contribution in [3.05, 3.63) is 46.3 Å². The molecule has 0 saturated carbocycles. The molecule has 1 heterocycles. The summed E-state index contributed by atoms with van der Waals surface area (Å²) >= 11 is 0. The third-order valence-corrected chi connectivity index (χ3v) is 3.46. The minimum atomic E-state index is -0.806. The van der Waals surface area contributed by atoms with E-state index in [1.54, 1.807) is 24.3 Å². The fraction of sp³-hybridized carbons (Fsp3) is 0.353. The number of methoxy groups -OCH3 is 1. The zero-order valence-electron chi connectivity index (χ0n) is 13.5. The topological polar surface area (TPSA) is 97.1 Å². The van der Waals surface area contributed by atoms with Crippen molar-refractivity contribution in [2.45, 2.75) is 19.4 Å². The summed E-state index contributed by atoms with van der Waals surface area (Å²) in [7, 11) is 1.25. The highest BCUT2D eigenvalue weighted by molar-refractivity contribution is 5.96. The van der Waals surface area contributed by atoms with E-state index in [0.717, 1.165) is 0 Å². The van der Waals surface area contributed by atoms with E-state index in [0.29, 0.717) is 11.0 Å². The number of fused-ring (bicyclic) bond motifs is 1. The minimum Gasteiger partial charge on any atom is -0.469 e. The van der Waals surface area contributed by atoms with Crippen LogP contribution in [0.25, 0.3) is 11.0 Å². The third kappa shape index (κ3) is 4.20. The number of hydrogen-bond acceptors (Lipinski definition) is 6. The number of carbonyl (C=O) groups excluding carboxylic acids is 2. The second kappa shape index (κ2) is 7.74. The maximum Gasteiger partial charge on any atom is 0.349 e. The average molecular weight is 333 g/mol. The molecule has 1 amide bonds. The number of nitrogens with zero attached hydrogens (tertiary/aromatic N) is 1. The molecule has 2 rings (SSSR count). The standard InChI is InChI=1S/C17H19NO6/c1-11(19)10-18(8-7-15(20)23-2)16(21)13-9-12-5-3-4-6-14(12)24-17(13)22/h3-6,9,11,19H,7-8,10H2,1-2H3. The van der Waals surface area contributed by atoms with Crippen molar-refractivity contribution in [2.75, 3.05) is 20.2 Å². The molecule has 1 aromatic heterocycles. The lowest BCUT2D eigenvalue weighted by Crippen LogP contribution is -2.40. The van der Waals surface area contributed by atoms with E-state index in [9.17, 15) is 19.5 Å². The molecule has 0 aliphatic heterocycles. The van der Waals surface area contributed by atoms with Crippen LogP contribution in [0.15, 0.2) is 39.5 Å². The average Bonchev–Trinajstić information content (AvgIpc) is 2.56. The summed E-state index contributed by atoms with van der Waals surface area (Å²) < 4.78 is 9.71. The van der Waals surface area contributed by atoms with Gasteiger partial charge in [0.2, 0.25) is 0 Å². The lowest BCUT2D eigenvalue weighted by atomic mass is 10.1. The summed E-state index contributed by atoms with van der Waals surface area (Å²) in [6.07, 6.45) is -0.840. The van der Waals surface area contributed by atoms with Gasteiger partial charge in [-0.3, -0.25) is 9.59 Å². The predicted octanol–water partition coefficient (Wildman–Crippen LogP) is 1.18. The molecule has 0 spiro atoms. The van der Waals surface area contributed by atoms with Crippen LogP contribution < -0.4 is 5.63 Å². The van der Waals surface area contributed by atoms with Crippen LogP contribution in [0.4, 0.5) is 0 Å². The number of benzene rings is 1. The van der Waals surface area contributed by atoms with Crippen molar-refractivity contribution in [3.63, 3.8) is 0 Å². The van der Waals surface area contributed by atoms with Crippen molar-refractivity contribution in [3.8, 4) is 0 Å². The minimum absolute atomic E-state index is 0.0118. The highest BCUT2D eigenvalue weighted by Gasteiger charge is 2.22. The summed E-state index contributed by atoms with van der Waals surface area (Å²) in [5.74, 6) is -1.08. The van der Waals surface area contributed by atoms with Gasteiger partial charge in [-0.15, -0.1) is 0 Å². The van der Waals surface area contributed by atoms with Crippen LogP contribution in [-0.4, -0.2) is 48.2 Å². The smallest absolute Gasteiger partial charge is 0.349 e. The van der Waals surface area contributed by atoms with Crippen LogP contribution >= 0.6 is 0 Å². The largest absolute Gasteiger partial charge is 0.469 e. The molecule has 7 nitrogen and oxygen atoms in total. The van der Waals surface area contributed by atoms with Gasteiger partial charge in [0.15, 0.2) is 0 Å². The first-order valence-electron chi connectivity index (χ1n) is 7.49. The summed E-state index contributed by atoms with van der Waals surface area (Å²) in [5, 5.41) is 10.2. The Morgan fingerprint density at radius 1 is 1.33 bits per heavy atom. The summed E-state index contributed by atoms with van der Waals surface area (Å²) in [4.78, 5) is 37.3. The number of aliphatic hydroxyl groups is 1. The highest BCUT2D eigenvalue weighted by Crippen LogP contribution is 2.14. The molecular formula is C17H19NO6. The highest BCUT2D eigenvalue weighted by atomic mass is 16.5. The number of amides is 1. The fourth-order valence-electron chi connectivity index (χ4n) is 2.30. The molecule has 0 bridgehead atoms. The van der Waals surface area contributed by atoms with Gasteiger partial charge in [-0.1, -0.05) is 18.2 Å². The van der Waals surface area contributed by atoms with Crippen LogP contribution in [-0.2, 0) is 9.53 Å².